The van der Waals surface area contributed by atoms with Gasteiger partial charge < -0.3 is 4.74 Å². The van der Waals surface area contributed by atoms with Crippen molar-refractivity contribution < 1.29 is 4.74 Å². The van der Waals surface area contributed by atoms with Gasteiger partial charge in [-0.3, -0.25) is 0 Å². The van der Waals surface area contributed by atoms with Crippen molar-refractivity contribution in [2.45, 2.75) is 0 Å². The summed E-state index contributed by atoms with van der Waals surface area (Å²) in [7, 11) is 0. The minimum Gasteiger partial charge on any atom is -0.493 e. The van der Waals surface area contributed by atoms with Crippen LogP contribution >= 0.6 is 34.2 Å². The van der Waals surface area contributed by atoms with Crippen LogP contribution in [0.4, 0.5) is 0 Å². The lowest BCUT2D eigenvalue weighted by atomic mass is 10.1. The minimum absolute atomic E-state index is 0.742. The fourth-order valence-corrected chi connectivity index (χ4v) is 2.05. The zero-order chi connectivity index (χ0) is 12.1. The highest BCUT2D eigenvalue weighted by atomic mass is 127. The molecule has 2 rings (SSSR count). The van der Waals surface area contributed by atoms with Crippen LogP contribution in [0.1, 0.15) is 0 Å². The summed E-state index contributed by atoms with van der Waals surface area (Å²) in [6, 6.07) is 15.9. The Kier molecular flexibility index (Phi) is 4.68. The SMILES string of the molecule is Clc1ccccc1-c1ccc(OCCI)cc1. The number of rotatable bonds is 4. The van der Waals surface area contributed by atoms with Gasteiger partial charge in [-0.1, -0.05) is 64.5 Å². The number of ether oxygens (including phenoxy) is 1. The van der Waals surface area contributed by atoms with Crippen LogP contribution < -0.4 is 4.74 Å². The first kappa shape index (κ1) is 12.7. The molecule has 0 atom stereocenters. The van der Waals surface area contributed by atoms with Gasteiger partial charge in [0.2, 0.25) is 0 Å². The molecule has 0 spiro atoms. The van der Waals surface area contributed by atoms with Crippen molar-refractivity contribution >= 4 is 34.2 Å². The molecule has 17 heavy (non-hydrogen) atoms. The Morgan fingerprint density at radius 3 is 2.35 bits per heavy atom. The molecule has 0 saturated carbocycles. The maximum absolute atomic E-state index is 6.15. The largest absolute Gasteiger partial charge is 0.493 e. The number of alkyl halides is 1. The molecular formula is C14H12ClIO. The summed E-state index contributed by atoms with van der Waals surface area (Å²) in [5.41, 5.74) is 2.16. The van der Waals surface area contributed by atoms with Crippen LogP contribution in [0.3, 0.4) is 0 Å². The average Bonchev–Trinajstić information content (AvgIpc) is 2.38. The van der Waals surface area contributed by atoms with Crippen LogP contribution in [0.2, 0.25) is 5.02 Å². The Hall–Kier alpha value is -0.740. The van der Waals surface area contributed by atoms with Gasteiger partial charge in [0.25, 0.3) is 0 Å². The van der Waals surface area contributed by atoms with E-state index >= 15 is 0 Å². The lowest BCUT2D eigenvalue weighted by molar-refractivity contribution is 0.346. The van der Waals surface area contributed by atoms with Crippen LogP contribution in [0.5, 0.6) is 5.75 Å². The molecule has 2 aromatic carbocycles. The molecule has 0 aliphatic rings. The number of hydrogen-bond donors (Lipinski definition) is 0. The number of hydrogen-bond acceptors (Lipinski definition) is 1. The highest BCUT2D eigenvalue weighted by Crippen LogP contribution is 2.28. The van der Waals surface area contributed by atoms with Crippen molar-refractivity contribution in [3.05, 3.63) is 53.6 Å². The molecule has 88 valence electrons. The van der Waals surface area contributed by atoms with Gasteiger partial charge in [0.15, 0.2) is 0 Å². The van der Waals surface area contributed by atoms with Crippen molar-refractivity contribution in [2.75, 3.05) is 11.0 Å². The number of benzene rings is 2. The third-order valence-corrected chi connectivity index (χ3v) is 3.16. The molecule has 3 heteroatoms. The molecule has 0 N–H and O–H groups in total. The van der Waals surface area contributed by atoms with E-state index in [-0.39, 0.29) is 0 Å². The van der Waals surface area contributed by atoms with Crippen molar-refractivity contribution in [3.8, 4) is 16.9 Å². The van der Waals surface area contributed by atoms with Gasteiger partial charge in [-0.05, 0) is 23.8 Å². The molecule has 0 saturated heterocycles. The summed E-state index contributed by atoms with van der Waals surface area (Å²) in [5, 5.41) is 0.772. The van der Waals surface area contributed by atoms with Crippen molar-refractivity contribution in [3.63, 3.8) is 0 Å². The second-order valence-corrected chi connectivity index (χ2v) is 5.03. The molecule has 0 radical (unpaired) electrons. The van der Waals surface area contributed by atoms with Gasteiger partial charge in [-0.2, -0.15) is 0 Å². The van der Waals surface area contributed by atoms with E-state index in [1.165, 1.54) is 0 Å². The Labute approximate surface area is 120 Å². The molecule has 0 bridgehead atoms. The molecule has 0 aliphatic heterocycles. The summed E-state index contributed by atoms with van der Waals surface area (Å²) in [4.78, 5) is 0. The average molecular weight is 359 g/mol. The fraction of sp³-hybridized carbons (Fsp3) is 0.143. The van der Waals surface area contributed by atoms with Gasteiger partial charge in [0.05, 0.1) is 6.61 Å². The maximum Gasteiger partial charge on any atom is 0.119 e. The maximum atomic E-state index is 6.15. The van der Waals surface area contributed by atoms with E-state index in [4.69, 9.17) is 16.3 Å². The Morgan fingerprint density at radius 2 is 1.71 bits per heavy atom. The van der Waals surface area contributed by atoms with Crippen molar-refractivity contribution in [2.24, 2.45) is 0 Å². The zero-order valence-corrected chi connectivity index (χ0v) is 12.1. The number of halogens is 2. The first-order chi connectivity index (χ1) is 8.31. The van der Waals surface area contributed by atoms with Crippen molar-refractivity contribution in [1.82, 2.24) is 0 Å². The Balaban J connectivity index is 2.21. The lowest BCUT2D eigenvalue weighted by Gasteiger charge is -2.07. The molecule has 2 aromatic rings. The standard InChI is InChI=1S/C14H12ClIO/c15-14-4-2-1-3-13(14)11-5-7-12(8-6-11)17-10-9-16/h1-8H,9-10H2. The van der Waals surface area contributed by atoms with Crippen LogP contribution in [-0.2, 0) is 0 Å². The monoisotopic (exact) mass is 358 g/mol. The fourth-order valence-electron chi connectivity index (χ4n) is 1.58. The van der Waals surface area contributed by atoms with Crippen LogP contribution in [0.25, 0.3) is 11.1 Å². The van der Waals surface area contributed by atoms with E-state index in [0.717, 1.165) is 32.9 Å². The normalized spacial score (nSPS) is 10.2. The predicted octanol–water partition coefficient (Wildman–Crippen LogP) is 4.82. The summed E-state index contributed by atoms with van der Waals surface area (Å²) in [5.74, 6) is 0.900. The summed E-state index contributed by atoms with van der Waals surface area (Å²) in [6.07, 6.45) is 0. The van der Waals surface area contributed by atoms with E-state index in [1.54, 1.807) is 0 Å². The van der Waals surface area contributed by atoms with E-state index in [1.807, 2.05) is 48.5 Å². The topological polar surface area (TPSA) is 9.23 Å². The predicted molar refractivity (Wildman–Crippen MR) is 81.3 cm³/mol. The summed E-state index contributed by atoms with van der Waals surface area (Å²) >= 11 is 8.44. The van der Waals surface area contributed by atoms with Gasteiger partial charge in [-0.25, -0.2) is 0 Å². The first-order valence-corrected chi connectivity index (χ1v) is 7.25. The van der Waals surface area contributed by atoms with Crippen LogP contribution in [-0.4, -0.2) is 11.0 Å². The molecule has 0 unspecified atom stereocenters. The lowest BCUT2D eigenvalue weighted by Crippen LogP contribution is -1.97. The van der Waals surface area contributed by atoms with E-state index in [9.17, 15) is 0 Å². The molecule has 0 aliphatic carbocycles. The van der Waals surface area contributed by atoms with E-state index in [2.05, 4.69) is 22.6 Å². The second kappa shape index (κ2) is 6.26. The molecule has 0 aromatic heterocycles. The third-order valence-electron chi connectivity index (χ3n) is 2.39. The molecule has 1 nitrogen and oxygen atoms in total. The van der Waals surface area contributed by atoms with E-state index in [0.29, 0.717) is 0 Å². The van der Waals surface area contributed by atoms with Crippen LogP contribution in [0, 0.1) is 0 Å². The zero-order valence-electron chi connectivity index (χ0n) is 9.20. The van der Waals surface area contributed by atoms with Gasteiger partial charge in [0.1, 0.15) is 5.75 Å². The minimum atomic E-state index is 0.742. The highest BCUT2D eigenvalue weighted by Gasteiger charge is 2.02. The van der Waals surface area contributed by atoms with Gasteiger partial charge in [-0.15, -0.1) is 0 Å². The highest BCUT2D eigenvalue weighted by molar-refractivity contribution is 14.1. The smallest absolute Gasteiger partial charge is 0.119 e. The second-order valence-electron chi connectivity index (χ2n) is 3.54. The molecule has 0 fully saturated rings. The quantitative estimate of drug-likeness (QED) is 0.562. The molecule has 0 amide bonds. The Bertz CT molecular complexity index is 482. The summed E-state index contributed by atoms with van der Waals surface area (Å²) in [6.45, 7) is 0.742. The first-order valence-electron chi connectivity index (χ1n) is 5.35. The van der Waals surface area contributed by atoms with Crippen LogP contribution in [0.15, 0.2) is 48.5 Å². The third kappa shape index (κ3) is 3.36. The molecule has 0 heterocycles. The Morgan fingerprint density at radius 1 is 1.00 bits per heavy atom. The summed E-state index contributed by atoms with van der Waals surface area (Å²) < 4.78 is 6.53. The molecular weight excluding hydrogens is 347 g/mol. The van der Waals surface area contributed by atoms with E-state index < -0.39 is 0 Å². The van der Waals surface area contributed by atoms with Gasteiger partial charge >= 0.3 is 0 Å². The van der Waals surface area contributed by atoms with Gasteiger partial charge in [0, 0.05) is 15.0 Å². The van der Waals surface area contributed by atoms with Crippen molar-refractivity contribution in [1.29, 1.82) is 0 Å².